The monoisotopic (exact) mass is 560 g/mol. The lowest BCUT2D eigenvalue weighted by Gasteiger charge is -2.40. The van der Waals surface area contributed by atoms with Crippen LogP contribution in [0.1, 0.15) is 82.2 Å². The second-order valence-corrected chi connectivity index (χ2v) is 12.1. The molecule has 2 aliphatic heterocycles. The van der Waals surface area contributed by atoms with E-state index < -0.39 is 0 Å². The van der Waals surface area contributed by atoms with Gasteiger partial charge in [0.1, 0.15) is 12.4 Å². The maximum Gasteiger partial charge on any atom is 0.415 e. The van der Waals surface area contributed by atoms with E-state index in [1.807, 2.05) is 11.8 Å². The van der Waals surface area contributed by atoms with Gasteiger partial charge >= 0.3 is 6.09 Å². The molecule has 5 rings (SSSR count). The zero-order valence-corrected chi connectivity index (χ0v) is 24.9. The van der Waals surface area contributed by atoms with Crippen LogP contribution in [0.25, 0.3) is 0 Å². The van der Waals surface area contributed by atoms with E-state index in [0.29, 0.717) is 30.3 Å². The highest BCUT2D eigenvalue weighted by atomic mass is 16.6. The van der Waals surface area contributed by atoms with Gasteiger partial charge in [-0.05, 0) is 49.7 Å². The van der Waals surface area contributed by atoms with Crippen LogP contribution in [0.3, 0.4) is 0 Å². The molecule has 1 N–H and O–H groups in total. The second-order valence-electron chi connectivity index (χ2n) is 12.1. The van der Waals surface area contributed by atoms with E-state index in [4.69, 9.17) is 4.74 Å². The average Bonchev–Trinajstić information content (AvgIpc) is 3.80. The van der Waals surface area contributed by atoms with Crippen LogP contribution < -0.4 is 10.2 Å². The summed E-state index contributed by atoms with van der Waals surface area (Å²) in [5.41, 5.74) is 4.01. The standard InChI is InChI=1S/C32H44N6O3/c1-6-38-29-27(20-41-32(38)40)19-33-31(35-29)34-23(5)25-9-11-26(12-10-25)28(18-24-7-8-24)36-13-15-37(16-14-36)30(39)22(4)17-21(2)3/h9-12,19,21,23-24,28H,4,6-8,13-18,20H2,1-3,5H3,(H,33,34,35)/t23-,28-/m0/s1. The van der Waals surface area contributed by atoms with Crippen molar-refractivity contribution in [2.45, 2.75) is 72.1 Å². The first-order chi connectivity index (χ1) is 19.7. The third-order valence-corrected chi connectivity index (χ3v) is 8.40. The average molecular weight is 561 g/mol. The lowest BCUT2D eigenvalue weighted by molar-refractivity contribution is -0.129. The van der Waals surface area contributed by atoms with Gasteiger partial charge in [-0.25, -0.2) is 9.78 Å². The Morgan fingerprint density at radius 2 is 1.78 bits per heavy atom. The summed E-state index contributed by atoms with van der Waals surface area (Å²) >= 11 is 0. The van der Waals surface area contributed by atoms with Crippen molar-refractivity contribution in [1.82, 2.24) is 19.8 Å². The molecule has 1 aromatic carbocycles. The zero-order chi connectivity index (χ0) is 29.1. The number of benzene rings is 1. The first-order valence-corrected chi connectivity index (χ1v) is 15.1. The number of ether oxygens (including phenoxy) is 1. The third kappa shape index (κ3) is 6.89. The van der Waals surface area contributed by atoms with Crippen LogP contribution in [-0.4, -0.2) is 64.5 Å². The van der Waals surface area contributed by atoms with E-state index in [-0.39, 0.29) is 24.6 Å². The van der Waals surface area contributed by atoms with Crippen molar-refractivity contribution in [2.75, 3.05) is 42.9 Å². The van der Waals surface area contributed by atoms with Crippen molar-refractivity contribution in [3.8, 4) is 0 Å². The highest BCUT2D eigenvalue weighted by Crippen LogP contribution is 2.40. The van der Waals surface area contributed by atoms with Crippen LogP contribution in [0.15, 0.2) is 42.6 Å². The van der Waals surface area contributed by atoms with Crippen molar-refractivity contribution in [1.29, 1.82) is 0 Å². The molecule has 0 spiro atoms. The summed E-state index contributed by atoms with van der Waals surface area (Å²) in [6, 6.07) is 9.24. The molecule has 1 aromatic heterocycles. The molecule has 1 saturated carbocycles. The number of aromatic nitrogens is 2. The van der Waals surface area contributed by atoms with E-state index in [1.165, 1.54) is 29.7 Å². The Balaban J connectivity index is 1.23. The van der Waals surface area contributed by atoms with Crippen LogP contribution >= 0.6 is 0 Å². The number of cyclic esters (lactones) is 1. The van der Waals surface area contributed by atoms with E-state index >= 15 is 0 Å². The molecule has 41 heavy (non-hydrogen) atoms. The molecule has 0 bridgehead atoms. The van der Waals surface area contributed by atoms with E-state index in [2.05, 4.69) is 71.8 Å². The van der Waals surface area contributed by atoms with Crippen LogP contribution in [0.5, 0.6) is 0 Å². The van der Waals surface area contributed by atoms with Crippen LogP contribution in [-0.2, 0) is 16.1 Å². The third-order valence-electron chi connectivity index (χ3n) is 8.40. The van der Waals surface area contributed by atoms with Gasteiger partial charge in [0.05, 0.1) is 11.6 Å². The molecule has 2 aromatic rings. The number of anilines is 2. The van der Waals surface area contributed by atoms with E-state index in [0.717, 1.165) is 55.2 Å². The molecule has 9 nitrogen and oxygen atoms in total. The highest BCUT2D eigenvalue weighted by Gasteiger charge is 2.33. The molecule has 3 heterocycles. The van der Waals surface area contributed by atoms with Crippen molar-refractivity contribution < 1.29 is 14.3 Å². The van der Waals surface area contributed by atoms with Gasteiger partial charge in [0.15, 0.2) is 0 Å². The number of fused-ring (bicyclic) bond motifs is 1. The lowest BCUT2D eigenvalue weighted by Crippen LogP contribution is -2.50. The van der Waals surface area contributed by atoms with Crippen molar-refractivity contribution in [3.05, 3.63) is 59.3 Å². The fourth-order valence-corrected chi connectivity index (χ4v) is 5.88. The molecule has 0 radical (unpaired) electrons. The van der Waals surface area contributed by atoms with Gasteiger partial charge in [-0.2, -0.15) is 4.98 Å². The Morgan fingerprint density at radius 1 is 1.10 bits per heavy atom. The van der Waals surface area contributed by atoms with Crippen LogP contribution in [0, 0.1) is 11.8 Å². The van der Waals surface area contributed by atoms with Gasteiger partial charge in [-0.3, -0.25) is 14.6 Å². The normalized spacial score (nSPS) is 19.0. The fourth-order valence-electron chi connectivity index (χ4n) is 5.88. The lowest BCUT2D eigenvalue weighted by atomic mass is 9.96. The maximum atomic E-state index is 12.9. The number of piperazine rings is 1. The zero-order valence-electron chi connectivity index (χ0n) is 24.9. The number of amides is 2. The Morgan fingerprint density at radius 3 is 2.41 bits per heavy atom. The fraction of sp³-hybridized carbons (Fsp3) is 0.562. The molecular formula is C32H44N6O3. The molecule has 9 heteroatoms. The predicted molar refractivity (Wildman–Crippen MR) is 161 cm³/mol. The molecule has 2 amide bonds. The topological polar surface area (TPSA) is 90.9 Å². The summed E-state index contributed by atoms with van der Waals surface area (Å²) in [6.45, 7) is 16.3. The summed E-state index contributed by atoms with van der Waals surface area (Å²) in [5, 5.41) is 3.40. The largest absolute Gasteiger partial charge is 0.444 e. The van der Waals surface area contributed by atoms with Gasteiger partial charge in [0.25, 0.3) is 0 Å². The maximum absolute atomic E-state index is 12.9. The number of hydrogen-bond acceptors (Lipinski definition) is 7. The number of nitrogens with one attached hydrogen (secondary N) is 1. The van der Waals surface area contributed by atoms with Crippen molar-refractivity contribution in [3.63, 3.8) is 0 Å². The van der Waals surface area contributed by atoms with E-state index in [9.17, 15) is 9.59 Å². The van der Waals surface area contributed by atoms with Crippen LogP contribution in [0.2, 0.25) is 0 Å². The van der Waals surface area contributed by atoms with Gasteiger partial charge in [0, 0.05) is 50.5 Å². The summed E-state index contributed by atoms with van der Waals surface area (Å²) < 4.78 is 5.20. The first-order valence-electron chi connectivity index (χ1n) is 15.1. The van der Waals surface area contributed by atoms with Crippen molar-refractivity contribution >= 4 is 23.8 Å². The molecule has 0 unspecified atom stereocenters. The summed E-state index contributed by atoms with van der Waals surface area (Å²) in [5.74, 6) is 2.45. The van der Waals surface area contributed by atoms with Gasteiger partial charge < -0.3 is 15.0 Å². The number of nitrogens with zero attached hydrogens (tertiary/aromatic N) is 5. The van der Waals surface area contributed by atoms with Gasteiger partial charge in [-0.15, -0.1) is 0 Å². The number of carbonyl (C=O) groups excluding carboxylic acids is 2. The predicted octanol–water partition coefficient (Wildman–Crippen LogP) is 5.71. The Hall–Kier alpha value is -3.46. The minimum Gasteiger partial charge on any atom is -0.444 e. The molecular weight excluding hydrogens is 516 g/mol. The SMILES string of the molecule is C=C(CC(C)C)C(=O)N1CCN([C@@H](CC2CC2)c2ccc([C@H](C)Nc3ncc4c(n3)N(CC)C(=O)OC4)cc2)CC1. The summed E-state index contributed by atoms with van der Waals surface area (Å²) in [7, 11) is 0. The molecule has 220 valence electrons. The minimum absolute atomic E-state index is 0.0110. The minimum atomic E-state index is -0.376. The number of rotatable bonds is 11. The van der Waals surface area contributed by atoms with Gasteiger partial charge in [0.2, 0.25) is 11.9 Å². The second kappa shape index (κ2) is 12.6. The summed E-state index contributed by atoms with van der Waals surface area (Å²) in [4.78, 5) is 40.2. The Bertz CT molecular complexity index is 1250. The quantitative estimate of drug-likeness (QED) is 0.352. The highest BCUT2D eigenvalue weighted by molar-refractivity contribution is 5.93. The first kappa shape index (κ1) is 29.0. The molecule has 2 atom stereocenters. The number of carbonyl (C=O) groups is 2. The smallest absolute Gasteiger partial charge is 0.415 e. The molecule has 1 aliphatic carbocycles. The Labute approximate surface area is 244 Å². The van der Waals surface area contributed by atoms with E-state index in [1.54, 1.807) is 6.20 Å². The summed E-state index contributed by atoms with van der Waals surface area (Å²) in [6.07, 6.45) is 5.91. The molecule has 1 saturated heterocycles. The Kier molecular flexibility index (Phi) is 8.92. The number of hydrogen-bond donors (Lipinski definition) is 1. The molecule has 2 fully saturated rings. The van der Waals surface area contributed by atoms with Crippen LogP contribution in [0.4, 0.5) is 16.6 Å². The van der Waals surface area contributed by atoms with Gasteiger partial charge in [-0.1, -0.05) is 57.5 Å². The molecule has 3 aliphatic rings. The van der Waals surface area contributed by atoms with Crippen molar-refractivity contribution in [2.24, 2.45) is 11.8 Å².